The Kier molecular flexibility index (Phi) is 5.44. The molecule has 0 bridgehead atoms. The first kappa shape index (κ1) is 14.8. The highest BCUT2D eigenvalue weighted by Crippen LogP contribution is 2.21. The van der Waals surface area contributed by atoms with E-state index >= 15 is 0 Å². The molecule has 1 N–H and O–H groups in total. The monoisotopic (exact) mass is 289 g/mol. The molecule has 1 aromatic carbocycles. The molecule has 0 spiro atoms. The van der Waals surface area contributed by atoms with Crippen LogP contribution in [-0.4, -0.2) is 35.0 Å². The third-order valence-corrected chi connectivity index (χ3v) is 3.00. The lowest BCUT2D eigenvalue weighted by Gasteiger charge is -2.18. The molecule has 0 saturated carbocycles. The molecule has 0 aliphatic rings. The maximum absolute atomic E-state index is 11.9. The van der Waals surface area contributed by atoms with E-state index in [1.807, 2.05) is 0 Å². The van der Waals surface area contributed by atoms with Gasteiger partial charge in [-0.25, -0.2) is 0 Å². The minimum absolute atomic E-state index is 0.0666. The van der Waals surface area contributed by atoms with E-state index in [4.69, 9.17) is 28.3 Å². The van der Waals surface area contributed by atoms with Gasteiger partial charge in [-0.15, -0.1) is 0 Å². The van der Waals surface area contributed by atoms with Gasteiger partial charge in [-0.05, 0) is 24.6 Å². The van der Waals surface area contributed by atoms with Crippen molar-refractivity contribution in [3.63, 3.8) is 0 Å². The van der Waals surface area contributed by atoms with Crippen LogP contribution >= 0.6 is 23.2 Å². The normalized spacial score (nSPS) is 10.2. The molecule has 0 aliphatic carbocycles. The van der Waals surface area contributed by atoms with Crippen LogP contribution in [0, 0.1) is 0 Å². The molecule has 0 saturated heterocycles. The van der Waals surface area contributed by atoms with Crippen molar-refractivity contribution in [3.8, 4) is 0 Å². The molecule has 98 valence electrons. The van der Waals surface area contributed by atoms with Crippen LogP contribution in [0.4, 0.5) is 0 Å². The van der Waals surface area contributed by atoms with Crippen LogP contribution in [0.2, 0.25) is 10.0 Å². The SMILES string of the molecule is CCN(CC(=O)O)C(=O)Cc1ccc(Cl)cc1Cl. The summed E-state index contributed by atoms with van der Waals surface area (Å²) >= 11 is 11.7. The Hall–Kier alpha value is -1.26. The summed E-state index contributed by atoms with van der Waals surface area (Å²) in [5.74, 6) is -1.31. The van der Waals surface area contributed by atoms with Crippen molar-refractivity contribution in [2.45, 2.75) is 13.3 Å². The van der Waals surface area contributed by atoms with Crippen LogP contribution < -0.4 is 0 Å². The molecule has 0 atom stereocenters. The Morgan fingerprint density at radius 2 is 2.00 bits per heavy atom. The number of carbonyl (C=O) groups is 2. The summed E-state index contributed by atoms with van der Waals surface area (Å²) < 4.78 is 0. The van der Waals surface area contributed by atoms with E-state index in [0.29, 0.717) is 22.2 Å². The highest BCUT2D eigenvalue weighted by molar-refractivity contribution is 6.35. The molecule has 0 heterocycles. The smallest absolute Gasteiger partial charge is 0.323 e. The van der Waals surface area contributed by atoms with Crippen LogP contribution in [-0.2, 0) is 16.0 Å². The third-order valence-electron chi connectivity index (χ3n) is 2.42. The fourth-order valence-electron chi connectivity index (χ4n) is 1.48. The van der Waals surface area contributed by atoms with Gasteiger partial charge >= 0.3 is 5.97 Å². The Bertz CT molecular complexity index is 463. The molecule has 18 heavy (non-hydrogen) atoms. The fraction of sp³-hybridized carbons (Fsp3) is 0.333. The zero-order valence-corrected chi connectivity index (χ0v) is 11.3. The molecule has 0 radical (unpaired) electrons. The summed E-state index contributed by atoms with van der Waals surface area (Å²) in [4.78, 5) is 23.7. The second kappa shape index (κ2) is 6.61. The van der Waals surface area contributed by atoms with E-state index in [0.717, 1.165) is 0 Å². The zero-order chi connectivity index (χ0) is 13.7. The summed E-state index contributed by atoms with van der Waals surface area (Å²) in [6.07, 6.45) is 0.0666. The number of hydrogen-bond acceptors (Lipinski definition) is 2. The summed E-state index contributed by atoms with van der Waals surface area (Å²) in [6, 6.07) is 4.86. The maximum atomic E-state index is 11.9. The van der Waals surface area contributed by atoms with Gasteiger partial charge in [0.05, 0.1) is 6.42 Å². The Balaban J connectivity index is 2.76. The van der Waals surface area contributed by atoms with Gasteiger partial charge in [-0.1, -0.05) is 29.3 Å². The predicted octanol–water partition coefficient (Wildman–Crippen LogP) is 2.47. The quantitative estimate of drug-likeness (QED) is 0.906. The molecule has 6 heteroatoms. The minimum atomic E-state index is -1.03. The van der Waals surface area contributed by atoms with Crippen molar-refractivity contribution in [1.29, 1.82) is 0 Å². The largest absolute Gasteiger partial charge is 0.480 e. The van der Waals surface area contributed by atoms with Crippen LogP contribution in [0.5, 0.6) is 0 Å². The van der Waals surface area contributed by atoms with Crippen molar-refractivity contribution in [2.75, 3.05) is 13.1 Å². The molecular weight excluding hydrogens is 277 g/mol. The molecule has 0 fully saturated rings. The lowest BCUT2D eigenvalue weighted by molar-refractivity contribution is -0.144. The van der Waals surface area contributed by atoms with E-state index < -0.39 is 5.97 Å². The summed E-state index contributed by atoms with van der Waals surface area (Å²) in [5.41, 5.74) is 0.634. The number of nitrogens with zero attached hydrogens (tertiary/aromatic N) is 1. The lowest BCUT2D eigenvalue weighted by Crippen LogP contribution is -2.36. The van der Waals surface area contributed by atoms with Gasteiger partial charge in [0.2, 0.25) is 5.91 Å². The molecular formula is C12H13Cl2NO3. The van der Waals surface area contributed by atoms with Crippen molar-refractivity contribution < 1.29 is 14.7 Å². The first-order valence-electron chi connectivity index (χ1n) is 5.37. The second-order valence-corrected chi connectivity index (χ2v) is 4.56. The number of halogens is 2. The van der Waals surface area contributed by atoms with Crippen LogP contribution in [0.25, 0.3) is 0 Å². The topological polar surface area (TPSA) is 57.6 Å². The number of benzene rings is 1. The summed E-state index contributed by atoms with van der Waals surface area (Å²) in [5, 5.41) is 9.58. The Labute approximate surface area is 115 Å². The number of amides is 1. The Morgan fingerprint density at radius 3 is 2.50 bits per heavy atom. The first-order valence-corrected chi connectivity index (χ1v) is 6.13. The number of aliphatic carboxylic acids is 1. The number of hydrogen-bond donors (Lipinski definition) is 1. The molecule has 0 unspecified atom stereocenters. The summed E-state index contributed by atoms with van der Waals surface area (Å²) in [6.45, 7) is 1.77. The molecule has 1 aromatic rings. The van der Waals surface area contributed by atoms with Gasteiger partial charge in [0.25, 0.3) is 0 Å². The van der Waals surface area contributed by atoms with Crippen molar-refractivity contribution in [3.05, 3.63) is 33.8 Å². The zero-order valence-electron chi connectivity index (χ0n) is 9.82. The highest BCUT2D eigenvalue weighted by atomic mass is 35.5. The first-order chi connectivity index (χ1) is 8.43. The fourth-order valence-corrected chi connectivity index (χ4v) is 1.95. The van der Waals surface area contributed by atoms with Gasteiger partial charge in [0.15, 0.2) is 0 Å². The second-order valence-electron chi connectivity index (χ2n) is 3.71. The average Bonchev–Trinajstić information content (AvgIpc) is 2.29. The van der Waals surface area contributed by atoms with Gasteiger partial charge < -0.3 is 10.0 Å². The number of carboxylic acid groups (broad SMARTS) is 1. The van der Waals surface area contributed by atoms with E-state index in [2.05, 4.69) is 0 Å². The van der Waals surface area contributed by atoms with Crippen molar-refractivity contribution >= 4 is 35.1 Å². The molecule has 1 amide bonds. The van der Waals surface area contributed by atoms with Gasteiger partial charge in [0, 0.05) is 16.6 Å². The number of rotatable bonds is 5. The maximum Gasteiger partial charge on any atom is 0.323 e. The highest BCUT2D eigenvalue weighted by Gasteiger charge is 2.16. The summed E-state index contributed by atoms with van der Waals surface area (Å²) in [7, 11) is 0. The van der Waals surface area contributed by atoms with Crippen molar-refractivity contribution in [2.24, 2.45) is 0 Å². The van der Waals surface area contributed by atoms with E-state index in [1.54, 1.807) is 25.1 Å². The van der Waals surface area contributed by atoms with Crippen LogP contribution in [0.15, 0.2) is 18.2 Å². The lowest BCUT2D eigenvalue weighted by atomic mass is 10.1. The molecule has 4 nitrogen and oxygen atoms in total. The van der Waals surface area contributed by atoms with Gasteiger partial charge in [-0.2, -0.15) is 0 Å². The molecule has 0 aliphatic heterocycles. The van der Waals surface area contributed by atoms with Gasteiger partial charge in [-0.3, -0.25) is 9.59 Å². The van der Waals surface area contributed by atoms with E-state index in [1.165, 1.54) is 4.90 Å². The third kappa shape index (κ3) is 4.20. The van der Waals surface area contributed by atoms with Gasteiger partial charge in [0.1, 0.15) is 6.54 Å². The van der Waals surface area contributed by atoms with Crippen LogP contribution in [0.3, 0.4) is 0 Å². The molecule has 1 rings (SSSR count). The average molecular weight is 290 g/mol. The van der Waals surface area contributed by atoms with Crippen molar-refractivity contribution in [1.82, 2.24) is 4.90 Å². The Morgan fingerprint density at radius 1 is 1.33 bits per heavy atom. The minimum Gasteiger partial charge on any atom is -0.480 e. The number of carbonyl (C=O) groups excluding carboxylic acids is 1. The number of likely N-dealkylation sites (N-methyl/N-ethyl adjacent to an activating group) is 1. The van der Waals surface area contributed by atoms with Crippen LogP contribution in [0.1, 0.15) is 12.5 Å². The predicted molar refractivity (Wildman–Crippen MR) is 70.1 cm³/mol. The molecule has 0 aromatic heterocycles. The van der Waals surface area contributed by atoms with E-state index in [-0.39, 0.29) is 18.9 Å². The number of carboxylic acids is 1. The standard InChI is InChI=1S/C12H13Cl2NO3/c1-2-15(7-12(17)18)11(16)5-8-3-4-9(13)6-10(8)14/h3-4,6H,2,5,7H2,1H3,(H,17,18). The van der Waals surface area contributed by atoms with E-state index in [9.17, 15) is 9.59 Å².